The normalized spacial score (nSPS) is 15.6. The van der Waals surface area contributed by atoms with Crippen molar-refractivity contribution in [1.82, 2.24) is 31.5 Å². The maximum Gasteiger partial charge on any atom is 0.333 e. The molecule has 1 fully saturated rings. The highest BCUT2D eigenvalue weighted by molar-refractivity contribution is 14.1. The summed E-state index contributed by atoms with van der Waals surface area (Å²) in [4.78, 5) is 97.0. The summed E-state index contributed by atoms with van der Waals surface area (Å²) in [5.74, 6) is -2.03. The van der Waals surface area contributed by atoms with Gasteiger partial charge in [0.1, 0.15) is 31.3 Å². The zero-order valence-corrected chi connectivity index (χ0v) is 39.8. The Morgan fingerprint density at radius 2 is 1.30 bits per heavy atom. The van der Waals surface area contributed by atoms with Crippen LogP contribution in [0.2, 0.25) is 0 Å². The van der Waals surface area contributed by atoms with Crippen LogP contribution in [0, 0.1) is 24.2 Å². The molecular formula is C47H65IN6O10. The van der Waals surface area contributed by atoms with E-state index in [1.807, 2.05) is 91.6 Å². The number of esters is 1. The molecule has 1 unspecified atom stereocenters. The zero-order chi connectivity index (χ0) is 47.1. The van der Waals surface area contributed by atoms with Crippen molar-refractivity contribution in [2.45, 2.75) is 96.5 Å². The van der Waals surface area contributed by atoms with E-state index in [4.69, 9.17) is 20.6 Å². The molecule has 350 valence electrons. The van der Waals surface area contributed by atoms with Gasteiger partial charge in [0.25, 0.3) is 0 Å². The maximum absolute atomic E-state index is 14.4. The number of nitrogens with one attached hydrogen (secondary N) is 5. The molecule has 0 saturated carbocycles. The number of alkyl halides is 1. The van der Waals surface area contributed by atoms with Gasteiger partial charge in [-0.05, 0) is 55.6 Å². The fourth-order valence-corrected chi connectivity index (χ4v) is 7.46. The number of morpholine rings is 1. The van der Waals surface area contributed by atoms with Crippen LogP contribution < -0.4 is 26.6 Å². The van der Waals surface area contributed by atoms with E-state index >= 15 is 0 Å². The van der Waals surface area contributed by atoms with E-state index in [0.717, 1.165) is 11.1 Å². The average molecular weight is 1000 g/mol. The highest BCUT2D eigenvalue weighted by atomic mass is 127. The number of terminal acetylenes is 1. The minimum absolute atomic E-state index is 0.00474. The summed E-state index contributed by atoms with van der Waals surface area (Å²) >= 11 is 1.92. The number of hydrogen-bond acceptors (Lipinski definition) is 11. The summed E-state index contributed by atoms with van der Waals surface area (Å²) in [5.41, 5.74) is 0.00793. The Labute approximate surface area is 390 Å². The van der Waals surface area contributed by atoms with Gasteiger partial charge < -0.3 is 40.8 Å². The number of rotatable bonds is 27. The van der Waals surface area contributed by atoms with Crippen LogP contribution in [-0.2, 0) is 60.6 Å². The van der Waals surface area contributed by atoms with Gasteiger partial charge in [-0.15, -0.1) is 6.42 Å². The monoisotopic (exact) mass is 1000 g/mol. The van der Waals surface area contributed by atoms with E-state index in [1.54, 1.807) is 24.3 Å². The van der Waals surface area contributed by atoms with Crippen LogP contribution in [0.25, 0.3) is 0 Å². The van der Waals surface area contributed by atoms with Gasteiger partial charge in [0, 0.05) is 23.9 Å². The molecule has 0 aromatic heterocycles. The lowest BCUT2D eigenvalue weighted by molar-refractivity contribution is -0.168. The van der Waals surface area contributed by atoms with Gasteiger partial charge in [0.05, 0.1) is 32.3 Å². The van der Waals surface area contributed by atoms with Gasteiger partial charge in [0.2, 0.25) is 29.5 Å². The number of Topliss-reactive ketones (excluding diaryl/α,β-unsaturated/α-hetero) is 1. The Balaban J connectivity index is 1.84. The molecule has 17 heteroatoms. The summed E-state index contributed by atoms with van der Waals surface area (Å²) in [5, 5.41) is 13.9. The van der Waals surface area contributed by atoms with E-state index in [2.05, 4.69) is 32.5 Å². The first-order valence-electron chi connectivity index (χ1n) is 21.7. The molecule has 0 bridgehead atoms. The number of ketones is 1. The Morgan fingerprint density at radius 1 is 0.750 bits per heavy atom. The molecule has 5 atom stereocenters. The standard InChI is InChI=1S/C47H65IN6O10/c1-7-20-49-41(56)29-63-30-42(57)64-47(6,31-48)43(58)37(25-32(2)3)51-46(61)39(27-35-16-12-9-13-17-35)53-45(60)38(26-33(4)5)52-44(59)36(19-18-34-14-10-8-11-15-34)50-40(55)28-54-21-23-62-24-22-54/h1,8-17,32-33,36-39H,18-31H2,2-6H3,(H,49,56)(H,50,55)(H,51,61)(H,52,59)(H,53,60)/t36-,37-,38?,39-,47+/m0/s1. The molecule has 2 aromatic carbocycles. The third-order valence-corrected chi connectivity index (χ3v) is 11.7. The van der Waals surface area contributed by atoms with E-state index < -0.39 is 78.4 Å². The minimum atomic E-state index is -1.70. The SMILES string of the molecule is C#CCNC(=O)COCC(=O)O[C@](C)(CI)C(=O)[C@H](CC(C)C)NC(=O)[C@H](Cc1ccccc1)NC(=O)C(CC(C)C)NC(=O)[C@H](CCc1ccccc1)NC(=O)CN1CCOCC1. The first-order valence-corrected chi connectivity index (χ1v) is 23.2. The third-order valence-electron chi connectivity index (χ3n) is 10.2. The van der Waals surface area contributed by atoms with Gasteiger partial charge in [-0.1, -0.05) is 117 Å². The number of aryl methyl sites for hydroxylation is 1. The van der Waals surface area contributed by atoms with Gasteiger partial charge in [-0.2, -0.15) is 0 Å². The topological polar surface area (TPSA) is 211 Å². The van der Waals surface area contributed by atoms with Crippen LogP contribution in [0.3, 0.4) is 0 Å². The van der Waals surface area contributed by atoms with Gasteiger partial charge in [-0.25, -0.2) is 4.79 Å². The lowest BCUT2D eigenvalue weighted by atomic mass is 9.90. The van der Waals surface area contributed by atoms with Crippen LogP contribution >= 0.6 is 22.6 Å². The van der Waals surface area contributed by atoms with E-state index in [9.17, 15) is 33.6 Å². The molecule has 0 radical (unpaired) electrons. The van der Waals surface area contributed by atoms with Gasteiger partial charge >= 0.3 is 5.97 Å². The molecule has 5 amide bonds. The predicted molar refractivity (Wildman–Crippen MR) is 250 cm³/mol. The molecule has 1 heterocycles. The summed E-state index contributed by atoms with van der Waals surface area (Å²) < 4.78 is 16.2. The number of amides is 5. The summed E-state index contributed by atoms with van der Waals surface area (Å²) in [6.45, 7) is 10.2. The average Bonchev–Trinajstić information content (AvgIpc) is 3.26. The molecule has 1 aliphatic heterocycles. The number of nitrogens with zero attached hydrogens (tertiary/aromatic N) is 1. The fraction of sp³-hybridized carbons (Fsp3) is 0.553. The molecule has 5 N–H and O–H groups in total. The number of benzene rings is 2. The molecule has 1 aliphatic rings. The predicted octanol–water partition coefficient (Wildman–Crippen LogP) is 2.30. The lowest BCUT2D eigenvalue weighted by Crippen LogP contribution is -2.60. The van der Waals surface area contributed by atoms with Crippen LogP contribution in [-0.4, -0.2) is 133 Å². The van der Waals surface area contributed by atoms with Crippen molar-refractivity contribution >= 4 is 63.9 Å². The Morgan fingerprint density at radius 3 is 1.89 bits per heavy atom. The summed E-state index contributed by atoms with van der Waals surface area (Å²) in [7, 11) is 0. The zero-order valence-electron chi connectivity index (χ0n) is 37.6. The maximum atomic E-state index is 14.4. The van der Waals surface area contributed by atoms with Gasteiger partial charge in [0.15, 0.2) is 11.4 Å². The number of hydrogen-bond donors (Lipinski definition) is 5. The number of carbonyl (C=O) groups excluding carboxylic acids is 7. The van der Waals surface area contributed by atoms with E-state index in [1.165, 1.54) is 6.92 Å². The number of halogens is 1. The van der Waals surface area contributed by atoms with Gasteiger partial charge in [-0.3, -0.25) is 33.7 Å². The minimum Gasteiger partial charge on any atom is -0.449 e. The van der Waals surface area contributed by atoms with Crippen molar-refractivity contribution in [3.8, 4) is 12.3 Å². The highest BCUT2D eigenvalue weighted by Gasteiger charge is 2.42. The number of carbonyl (C=O) groups is 7. The molecule has 0 spiro atoms. The Bertz CT molecular complexity index is 1870. The molecular weight excluding hydrogens is 935 g/mol. The van der Waals surface area contributed by atoms with Crippen LogP contribution in [0.1, 0.15) is 65.0 Å². The molecule has 16 nitrogen and oxygen atoms in total. The molecule has 2 aromatic rings. The van der Waals surface area contributed by atoms with Crippen LogP contribution in [0.15, 0.2) is 60.7 Å². The van der Waals surface area contributed by atoms with Crippen molar-refractivity contribution < 1.29 is 47.8 Å². The molecule has 0 aliphatic carbocycles. The largest absolute Gasteiger partial charge is 0.449 e. The van der Waals surface area contributed by atoms with E-state index in [0.29, 0.717) is 32.7 Å². The quantitative estimate of drug-likeness (QED) is 0.0380. The number of ether oxygens (including phenoxy) is 3. The fourth-order valence-electron chi connectivity index (χ4n) is 6.93. The smallest absolute Gasteiger partial charge is 0.333 e. The van der Waals surface area contributed by atoms with Crippen molar-refractivity contribution in [1.29, 1.82) is 0 Å². The Kier molecular flexibility index (Phi) is 23.5. The Hall–Kier alpha value is -4.90. The summed E-state index contributed by atoms with van der Waals surface area (Å²) in [6.07, 6.45) is 6.36. The third kappa shape index (κ3) is 19.5. The van der Waals surface area contributed by atoms with Crippen LogP contribution in [0.5, 0.6) is 0 Å². The van der Waals surface area contributed by atoms with Crippen molar-refractivity contribution in [3.63, 3.8) is 0 Å². The second kappa shape index (κ2) is 28.1. The van der Waals surface area contributed by atoms with Crippen molar-refractivity contribution in [3.05, 3.63) is 71.8 Å². The first kappa shape index (κ1) is 53.4. The first-order chi connectivity index (χ1) is 30.5. The molecule has 1 saturated heterocycles. The van der Waals surface area contributed by atoms with Crippen molar-refractivity contribution in [2.75, 3.05) is 57.0 Å². The second-order valence-electron chi connectivity index (χ2n) is 16.8. The highest BCUT2D eigenvalue weighted by Crippen LogP contribution is 2.22. The summed E-state index contributed by atoms with van der Waals surface area (Å²) in [6, 6.07) is 14.2. The second-order valence-corrected chi connectivity index (χ2v) is 17.6. The molecule has 64 heavy (non-hydrogen) atoms. The van der Waals surface area contributed by atoms with E-state index in [-0.39, 0.29) is 60.9 Å². The lowest BCUT2D eigenvalue weighted by Gasteiger charge is -2.32. The van der Waals surface area contributed by atoms with Crippen molar-refractivity contribution in [2.24, 2.45) is 11.8 Å². The molecule has 3 rings (SSSR count). The van der Waals surface area contributed by atoms with Crippen LogP contribution in [0.4, 0.5) is 0 Å².